The first kappa shape index (κ1) is 12.4. The van der Waals surface area contributed by atoms with Gasteiger partial charge >= 0.3 is 0 Å². The molecule has 1 heterocycles. The van der Waals surface area contributed by atoms with E-state index in [9.17, 15) is 4.79 Å². The van der Waals surface area contributed by atoms with Crippen molar-refractivity contribution >= 4 is 0 Å². The summed E-state index contributed by atoms with van der Waals surface area (Å²) in [5, 5.41) is 0. The summed E-state index contributed by atoms with van der Waals surface area (Å²) in [7, 11) is 0. The molecule has 0 spiro atoms. The highest BCUT2D eigenvalue weighted by molar-refractivity contribution is 5.50. The van der Waals surface area contributed by atoms with Gasteiger partial charge in [-0.05, 0) is 37.5 Å². The number of aromatic nitrogens is 1. The summed E-state index contributed by atoms with van der Waals surface area (Å²) in [5.41, 5.74) is 10.9. The summed E-state index contributed by atoms with van der Waals surface area (Å²) < 4.78 is 0. The van der Waals surface area contributed by atoms with Crippen molar-refractivity contribution in [3.8, 4) is 0 Å². The van der Waals surface area contributed by atoms with Crippen molar-refractivity contribution in [3.63, 3.8) is 0 Å². The molecule has 3 N–H and O–H groups in total. The SMILES string of the molecule is C/C=C1\C2C=C(C)CC1(N)c1ccc(=O)[nH]c1[C@@H]2C. The molecule has 2 bridgehead atoms. The Hall–Kier alpha value is -1.61. The molecule has 3 atom stereocenters. The standard InChI is InChI=1S/C16H20N2O/c1-4-12-11-7-9(2)8-16(12,17)13-5-6-14(19)18-15(13)10(11)3/h4-7,10-11H,8,17H2,1-3H3,(H,18,19)/b12-4+/t10-,11?,16?/m1/s1. The second-order valence-corrected chi connectivity index (χ2v) is 5.87. The average molecular weight is 256 g/mol. The van der Waals surface area contributed by atoms with Crippen molar-refractivity contribution in [2.45, 2.75) is 38.6 Å². The average Bonchev–Trinajstić information content (AvgIpc) is 2.35. The number of H-pyrrole nitrogens is 1. The first-order chi connectivity index (χ1) is 8.97. The fourth-order valence-electron chi connectivity index (χ4n) is 3.83. The second-order valence-electron chi connectivity index (χ2n) is 5.87. The Morgan fingerprint density at radius 2 is 2.21 bits per heavy atom. The molecule has 2 aliphatic rings. The first-order valence-electron chi connectivity index (χ1n) is 6.84. The Bertz CT molecular complexity index is 653. The molecular formula is C16H20N2O. The number of rotatable bonds is 0. The molecule has 0 aromatic carbocycles. The summed E-state index contributed by atoms with van der Waals surface area (Å²) in [6.45, 7) is 6.36. The molecule has 0 radical (unpaired) electrons. The highest BCUT2D eigenvalue weighted by Gasteiger charge is 2.46. The van der Waals surface area contributed by atoms with Gasteiger partial charge in [-0.3, -0.25) is 4.79 Å². The minimum atomic E-state index is -0.454. The summed E-state index contributed by atoms with van der Waals surface area (Å²) in [4.78, 5) is 14.6. The lowest BCUT2D eigenvalue weighted by Crippen LogP contribution is -2.49. The molecule has 0 fully saturated rings. The van der Waals surface area contributed by atoms with E-state index in [-0.39, 0.29) is 11.5 Å². The van der Waals surface area contributed by atoms with Crippen molar-refractivity contribution in [3.05, 3.63) is 57.0 Å². The molecule has 2 aliphatic carbocycles. The Labute approximate surface area is 113 Å². The van der Waals surface area contributed by atoms with Crippen LogP contribution in [0.15, 0.2) is 40.2 Å². The van der Waals surface area contributed by atoms with Gasteiger partial charge in [-0.2, -0.15) is 0 Å². The normalized spacial score (nSPS) is 34.9. The number of nitrogens with one attached hydrogen (secondary N) is 1. The van der Waals surface area contributed by atoms with Crippen molar-refractivity contribution < 1.29 is 0 Å². The van der Waals surface area contributed by atoms with Crippen LogP contribution in [0.2, 0.25) is 0 Å². The fraction of sp³-hybridized carbons (Fsp3) is 0.438. The molecule has 3 nitrogen and oxygen atoms in total. The number of hydrogen-bond acceptors (Lipinski definition) is 2. The molecule has 3 heteroatoms. The summed E-state index contributed by atoms with van der Waals surface area (Å²) in [6.07, 6.45) is 5.28. The number of allylic oxidation sites excluding steroid dienone is 2. The van der Waals surface area contributed by atoms with Crippen LogP contribution < -0.4 is 11.3 Å². The number of pyridine rings is 1. The second kappa shape index (κ2) is 3.94. The van der Waals surface area contributed by atoms with Gasteiger partial charge in [0, 0.05) is 23.6 Å². The Kier molecular flexibility index (Phi) is 2.58. The Morgan fingerprint density at radius 1 is 1.47 bits per heavy atom. The zero-order valence-corrected chi connectivity index (χ0v) is 11.7. The quantitative estimate of drug-likeness (QED) is 0.701. The van der Waals surface area contributed by atoms with E-state index in [1.54, 1.807) is 6.07 Å². The third kappa shape index (κ3) is 1.58. The predicted molar refractivity (Wildman–Crippen MR) is 77.0 cm³/mol. The van der Waals surface area contributed by atoms with Crippen LogP contribution >= 0.6 is 0 Å². The van der Waals surface area contributed by atoms with Crippen LogP contribution in [0.25, 0.3) is 0 Å². The van der Waals surface area contributed by atoms with Crippen LogP contribution in [0.4, 0.5) is 0 Å². The maximum absolute atomic E-state index is 11.6. The molecule has 100 valence electrons. The molecule has 2 unspecified atom stereocenters. The summed E-state index contributed by atoms with van der Waals surface area (Å²) >= 11 is 0. The van der Waals surface area contributed by atoms with Gasteiger partial charge in [0.2, 0.25) is 5.56 Å². The van der Waals surface area contributed by atoms with Crippen LogP contribution in [0.1, 0.15) is 44.4 Å². The minimum absolute atomic E-state index is 0.0445. The van der Waals surface area contributed by atoms with E-state index in [0.29, 0.717) is 5.92 Å². The zero-order chi connectivity index (χ0) is 13.8. The van der Waals surface area contributed by atoms with E-state index in [4.69, 9.17) is 5.73 Å². The maximum atomic E-state index is 11.6. The van der Waals surface area contributed by atoms with Gasteiger partial charge in [0.15, 0.2) is 0 Å². The van der Waals surface area contributed by atoms with Gasteiger partial charge in [-0.25, -0.2) is 0 Å². The monoisotopic (exact) mass is 256 g/mol. The summed E-state index contributed by atoms with van der Waals surface area (Å²) in [5.74, 6) is 0.566. The van der Waals surface area contributed by atoms with Crippen LogP contribution in [0.5, 0.6) is 0 Å². The molecule has 0 saturated carbocycles. The highest BCUT2D eigenvalue weighted by Crippen LogP contribution is 2.52. The molecule has 1 aromatic heterocycles. The molecule has 1 aromatic rings. The van der Waals surface area contributed by atoms with Crippen molar-refractivity contribution in [1.82, 2.24) is 4.98 Å². The molecule has 0 saturated heterocycles. The number of hydrogen-bond donors (Lipinski definition) is 2. The Morgan fingerprint density at radius 3 is 2.89 bits per heavy atom. The van der Waals surface area contributed by atoms with Crippen molar-refractivity contribution in [2.75, 3.05) is 0 Å². The molecule has 3 rings (SSSR count). The van der Waals surface area contributed by atoms with Crippen LogP contribution in [-0.4, -0.2) is 4.98 Å². The van der Waals surface area contributed by atoms with E-state index < -0.39 is 5.54 Å². The zero-order valence-electron chi connectivity index (χ0n) is 11.7. The van der Waals surface area contributed by atoms with E-state index >= 15 is 0 Å². The van der Waals surface area contributed by atoms with Crippen LogP contribution in [0, 0.1) is 5.92 Å². The number of nitrogens with two attached hydrogens (primary N) is 1. The van der Waals surface area contributed by atoms with Gasteiger partial charge in [-0.15, -0.1) is 0 Å². The maximum Gasteiger partial charge on any atom is 0.248 e. The predicted octanol–water partition coefficient (Wildman–Crippen LogP) is 2.56. The van der Waals surface area contributed by atoms with Gasteiger partial charge in [0.05, 0.1) is 5.54 Å². The van der Waals surface area contributed by atoms with Gasteiger partial charge in [0.25, 0.3) is 0 Å². The smallest absolute Gasteiger partial charge is 0.248 e. The van der Waals surface area contributed by atoms with Gasteiger partial charge in [-0.1, -0.05) is 24.6 Å². The molecular weight excluding hydrogens is 236 g/mol. The van der Waals surface area contributed by atoms with Gasteiger partial charge < -0.3 is 10.7 Å². The van der Waals surface area contributed by atoms with Crippen molar-refractivity contribution in [1.29, 1.82) is 0 Å². The summed E-state index contributed by atoms with van der Waals surface area (Å²) in [6, 6.07) is 3.49. The molecule has 19 heavy (non-hydrogen) atoms. The van der Waals surface area contributed by atoms with Crippen LogP contribution in [0.3, 0.4) is 0 Å². The minimum Gasteiger partial charge on any atom is -0.326 e. The highest BCUT2D eigenvalue weighted by atomic mass is 16.1. The third-order valence-corrected chi connectivity index (χ3v) is 4.63. The fourth-order valence-corrected chi connectivity index (χ4v) is 3.83. The van der Waals surface area contributed by atoms with Crippen molar-refractivity contribution in [2.24, 2.45) is 11.7 Å². The lowest BCUT2D eigenvalue weighted by atomic mass is 9.60. The van der Waals surface area contributed by atoms with Crippen LogP contribution in [-0.2, 0) is 5.54 Å². The number of fused-ring (bicyclic) bond motifs is 4. The topological polar surface area (TPSA) is 58.9 Å². The largest absolute Gasteiger partial charge is 0.326 e. The van der Waals surface area contributed by atoms with Gasteiger partial charge in [0.1, 0.15) is 0 Å². The third-order valence-electron chi connectivity index (χ3n) is 4.63. The molecule has 0 amide bonds. The number of aromatic amines is 1. The molecule has 0 aliphatic heterocycles. The van der Waals surface area contributed by atoms with E-state index in [0.717, 1.165) is 17.7 Å². The van der Waals surface area contributed by atoms with E-state index in [2.05, 4.69) is 37.9 Å². The lowest BCUT2D eigenvalue weighted by molar-refractivity contribution is 0.376. The van der Waals surface area contributed by atoms with E-state index in [1.807, 2.05) is 6.07 Å². The lowest BCUT2D eigenvalue weighted by Gasteiger charge is -2.48. The first-order valence-corrected chi connectivity index (χ1v) is 6.84. The Balaban J connectivity index is 2.34. The van der Waals surface area contributed by atoms with E-state index in [1.165, 1.54) is 11.1 Å².